The molecule has 12 heavy (non-hydrogen) atoms. The Hall–Kier alpha value is -0.890. The van der Waals surface area contributed by atoms with Crippen LogP contribution in [0.5, 0.6) is 0 Å². The predicted octanol–water partition coefficient (Wildman–Crippen LogP) is 3.14. The second kappa shape index (κ2) is 2.56. The fourth-order valence-electron chi connectivity index (χ4n) is 1.37. The van der Waals surface area contributed by atoms with E-state index in [-0.39, 0.29) is 10.5 Å². The van der Waals surface area contributed by atoms with Gasteiger partial charge in [0.15, 0.2) is 4.70 Å². The molecule has 0 aliphatic carbocycles. The maximum absolute atomic E-state index is 4.52. The second-order valence-corrected chi connectivity index (χ2v) is 5.16. The summed E-state index contributed by atoms with van der Waals surface area (Å²) in [6, 6.07) is 6.53. The Bertz CT molecular complexity index is 429. The summed E-state index contributed by atoms with van der Waals surface area (Å²) in [5, 5.41) is 1.26. The molecule has 2 aromatic rings. The summed E-state index contributed by atoms with van der Waals surface area (Å²) in [6.45, 7) is 4.22. The molecule has 0 bridgehead atoms. The first-order chi connectivity index (χ1) is 5.68. The first kappa shape index (κ1) is 7.74. The molecule has 1 heterocycles. The van der Waals surface area contributed by atoms with Crippen molar-refractivity contribution in [1.82, 2.24) is 4.98 Å². The Kier molecular flexibility index (Phi) is 1.65. The molecule has 0 saturated carbocycles. The van der Waals surface area contributed by atoms with E-state index in [1.54, 1.807) is 0 Å². The average molecular weight is 178 g/mol. The maximum atomic E-state index is 4.52. The standard InChI is InChI=1S/C10H12NS/c1-7-4-5-10-9(6-7)11-8(2)12(10)3/h4-6H,1-3H3/q+1. The van der Waals surface area contributed by atoms with Gasteiger partial charge in [0.05, 0.1) is 0 Å². The zero-order valence-corrected chi connectivity index (χ0v) is 8.40. The van der Waals surface area contributed by atoms with Crippen molar-refractivity contribution in [1.29, 1.82) is 0 Å². The summed E-state index contributed by atoms with van der Waals surface area (Å²) in [5.74, 6) is 0. The molecule has 0 fully saturated rings. The molecule has 0 amide bonds. The van der Waals surface area contributed by atoms with E-state index in [4.69, 9.17) is 0 Å². The molecule has 1 atom stereocenters. The monoisotopic (exact) mass is 178 g/mol. The van der Waals surface area contributed by atoms with Crippen molar-refractivity contribution in [3.63, 3.8) is 0 Å². The number of benzene rings is 1. The van der Waals surface area contributed by atoms with E-state index in [9.17, 15) is 0 Å². The van der Waals surface area contributed by atoms with Gasteiger partial charge in [-0.3, -0.25) is 0 Å². The second-order valence-electron chi connectivity index (χ2n) is 3.11. The van der Waals surface area contributed by atoms with Crippen molar-refractivity contribution in [3.8, 4) is 0 Å². The lowest BCUT2D eigenvalue weighted by Gasteiger charge is -1.86. The van der Waals surface area contributed by atoms with E-state index < -0.39 is 0 Å². The van der Waals surface area contributed by atoms with Crippen LogP contribution in [0.3, 0.4) is 0 Å². The van der Waals surface area contributed by atoms with E-state index in [1.165, 1.54) is 20.8 Å². The van der Waals surface area contributed by atoms with E-state index in [0.717, 1.165) is 0 Å². The molecule has 0 aliphatic rings. The Labute approximate surface area is 75.0 Å². The van der Waals surface area contributed by atoms with E-state index in [0.29, 0.717) is 0 Å². The van der Waals surface area contributed by atoms with Gasteiger partial charge in [0.25, 0.3) is 0 Å². The maximum Gasteiger partial charge on any atom is 0.239 e. The van der Waals surface area contributed by atoms with Crippen LogP contribution >= 0.6 is 10.5 Å². The zero-order chi connectivity index (χ0) is 8.72. The van der Waals surface area contributed by atoms with Crippen LogP contribution in [0.15, 0.2) is 18.2 Å². The minimum Gasteiger partial charge on any atom is -0.197 e. The summed E-state index contributed by atoms with van der Waals surface area (Å²) in [6.07, 6.45) is 2.24. The first-order valence-electron chi connectivity index (χ1n) is 4.00. The molecular weight excluding hydrogens is 166 g/mol. The molecule has 1 aromatic carbocycles. The summed E-state index contributed by atoms with van der Waals surface area (Å²) in [7, 11) is 0.249. The Morgan fingerprint density at radius 3 is 2.75 bits per heavy atom. The van der Waals surface area contributed by atoms with E-state index in [2.05, 4.69) is 43.3 Å². The molecule has 1 nitrogen and oxygen atoms in total. The van der Waals surface area contributed by atoms with Crippen LogP contribution in [0.1, 0.15) is 10.6 Å². The first-order valence-corrected chi connectivity index (χ1v) is 5.63. The Morgan fingerprint density at radius 2 is 2.00 bits per heavy atom. The molecule has 0 saturated heterocycles. The topological polar surface area (TPSA) is 12.9 Å². The number of rotatable bonds is 0. The highest BCUT2D eigenvalue weighted by Gasteiger charge is 2.13. The molecule has 0 aliphatic heterocycles. The lowest BCUT2D eigenvalue weighted by molar-refractivity contribution is 1.33. The highest BCUT2D eigenvalue weighted by Crippen LogP contribution is 2.30. The van der Waals surface area contributed by atoms with Gasteiger partial charge in [0, 0.05) is 23.5 Å². The Balaban J connectivity index is 2.87. The molecule has 2 rings (SSSR count). The fourth-order valence-corrected chi connectivity index (χ4v) is 2.61. The fraction of sp³-hybridized carbons (Fsp3) is 0.300. The number of hydrogen-bond donors (Lipinski definition) is 0. The normalized spacial score (nSPS) is 12.4. The number of fused-ring (bicyclic) bond motifs is 1. The van der Waals surface area contributed by atoms with Crippen molar-refractivity contribution >= 4 is 20.7 Å². The molecular formula is C10H12NS+. The quantitative estimate of drug-likeness (QED) is 0.565. The highest BCUT2D eigenvalue weighted by atomic mass is 32.2. The van der Waals surface area contributed by atoms with Crippen molar-refractivity contribution in [2.24, 2.45) is 6.26 Å². The van der Waals surface area contributed by atoms with Gasteiger partial charge in [0.1, 0.15) is 11.8 Å². The third-order valence-electron chi connectivity index (χ3n) is 2.17. The van der Waals surface area contributed by atoms with Crippen LogP contribution in [0, 0.1) is 13.8 Å². The van der Waals surface area contributed by atoms with E-state index in [1.807, 2.05) is 0 Å². The summed E-state index contributed by atoms with van der Waals surface area (Å²) >= 11 is 0. The van der Waals surface area contributed by atoms with Gasteiger partial charge in [-0.05, 0) is 18.6 Å². The molecule has 1 unspecified atom stereocenters. The van der Waals surface area contributed by atoms with Crippen LogP contribution in [-0.4, -0.2) is 4.98 Å². The van der Waals surface area contributed by atoms with Crippen LogP contribution in [0.25, 0.3) is 10.2 Å². The zero-order valence-electron chi connectivity index (χ0n) is 7.59. The van der Waals surface area contributed by atoms with Crippen LogP contribution in [-0.2, 0) is 6.26 Å². The van der Waals surface area contributed by atoms with E-state index >= 15 is 0 Å². The molecule has 2 heteroatoms. The molecule has 0 radical (unpaired) electrons. The van der Waals surface area contributed by atoms with Gasteiger partial charge in [-0.1, -0.05) is 6.07 Å². The minimum atomic E-state index is 0.249. The average Bonchev–Trinajstić information content (AvgIpc) is 2.28. The number of thiazole rings is 1. The summed E-state index contributed by atoms with van der Waals surface area (Å²) in [5.41, 5.74) is 2.47. The minimum absolute atomic E-state index is 0.249. The van der Waals surface area contributed by atoms with Gasteiger partial charge in [-0.2, -0.15) is 4.98 Å². The number of aromatic nitrogens is 1. The molecule has 62 valence electrons. The van der Waals surface area contributed by atoms with Crippen molar-refractivity contribution in [3.05, 3.63) is 28.8 Å². The molecule has 0 spiro atoms. The molecule has 0 N–H and O–H groups in total. The summed E-state index contributed by atoms with van der Waals surface area (Å²) in [4.78, 5) is 4.52. The van der Waals surface area contributed by atoms with Crippen LogP contribution < -0.4 is 0 Å². The third kappa shape index (κ3) is 1.03. The largest absolute Gasteiger partial charge is 0.239 e. The van der Waals surface area contributed by atoms with Crippen molar-refractivity contribution in [2.75, 3.05) is 0 Å². The summed E-state index contributed by atoms with van der Waals surface area (Å²) < 4.78 is 1.40. The number of aryl methyl sites for hydroxylation is 3. The van der Waals surface area contributed by atoms with Gasteiger partial charge in [-0.15, -0.1) is 0 Å². The molecule has 1 aromatic heterocycles. The van der Waals surface area contributed by atoms with Gasteiger partial charge in [-0.25, -0.2) is 0 Å². The predicted molar refractivity (Wildman–Crippen MR) is 54.7 cm³/mol. The van der Waals surface area contributed by atoms with Crippen LogP contribution in [0.2, 0.25) is 0 Å². The Morgan fingerprint density at radius 1 is 1.25 bits per heavy atom. The number of hydrogen-bond acceptors (Lipinski definition) is 1. The highest BCUT2D eigenvalue weighted by molar-refractivity contribution is 7.35. The van der Waals surface area contributed by atoms with Gasteiger partial charge in [0.2, 0.25) is 5.01 Å². The third-order valence-corrected chi connectivity index (χ3v) is 4.15. The van der Waals surface area contributed by atoms with Crippen molar-refractivity contribution < 1.29 is 0 Å². The lowest BCUT2D eigenvalue weighted by Crippen LogP contribution is -1.71. The smallest absolute Gasteiger partial charge is 0.197 e. The van der Waals surface area contributed by atoms with Gasteiger partial charge >= 0.3 is 0 Å². The van der Waals surface area contributed by atoms with Crippen LogP contribution in [0.4, 0.5) is 0 Å². The van der Waals surface area contributed by atoms with Crippen molar-refractivity contribution in [2.45, 2.75) is 13.8 Å². The lowest BCUT2D eigenvalue weighted by atomic mass is 10.2. The van der Waals surface area contributed by atoms with Gasteiger partial charge < -0.3 is 0 Å². The SMILES string of the molecule is Cc1ccc2c(c1)nc(C)[s+]2C. The number of nitrogens with zero attached hydrogens (tertiary/aromatic N) is 1.